The lowest BCUT2D eigenvalue weighted by Crippen LogP contribution is -2.36. The highest BCUT2D eigenvalue weighted by atomic mass is 35.5. The molecular weight excluding hydrogens is 390 g/mol. The quantitative estimate of drug-likeness (QED) is 0.709. The molecule has 0 radical (unpaired) electrons. The Balaban J connectivity index is 1.53. The summed E-state index contributed by atoms with van der Waals surface area (Å²) in [4.78, 5) is 26.7. The molecule has 6 nitrogen and oxygen atoms in total. The zero-order valence-corrected chi connectivity index (χ0v) is 17.5. The normalized spacial score (nSPS) is 12.9. The van der Waals surface area contributed by atoms with Crippen molar-refractivity contribution in [2.24, 2.45) is 0 Å². The molecule has 2 aromatic rings. The minimum Gasteiger partial charge on any atom is -0.495 e. The summed E-state index contributed by atoms with van der Waals surface area (Å²) < 4.78 is 5.17. The van der Waals surface area contributed by atoms with Crippen LogP contribution in [0.5, 0.6) is 5.75 Å². The first-order valence-electron chi connectivity index (χ1n) is 9.81. The van der Waals surface area contributed by atoms with E-state index >= 15 is 0 Å². The summed E-state index contributed by atoms with van der Waals surface area (Å²) in [7, 11) is 1.48. The molecule has 7 heteroatoms. The molecule has 2 amide bonds. The number of carbonyl (C=O) groups is 2. The Morgan fingerprint density at radius 2 is 2.00 bits per heavy atom. The molecule has 3 rings (SSSR count). The number of ether oxygens (including phenoxy) is 1. The van der Waals surface area contributed by atoms with Gasteiger partial charge in [-0.1, -0.05) is 23.7 Å². The molecular formula is C22H26ClN3O3. The lowest BCUT2D eigenvalue weighted by atomic mass is 9.98. The van der Waals surface area contributed by atoms with Gasteiger partial charge in [0.05, 0.1) is 12.8 Å². The monoisotopic (exact) mass is 415 g/mol. The van der Waals surface area contributed by atoms with Gasteiger partial charge in [-0.15, -0.1) is 0 Å². The molecule has 0 saturated carbocycles. The largest absolute Gasteiger partial charge is 0.495 e. The van der Waals surface area contributed by atoms with Crippen molar-refractivity contribution in [3.05, 3.63) is 52.5 Å². The molecule has 0 aromatic heterocycles. The summed E-state index contributed by atoms with van der Waals surface area (Å²) in [5.41, 5.74) is 4.17. The van der Waals surface area contributed by atoms with Crippen molar-refractivity contribution in [1.29, 1.82) is 0 Å². The number of carbonyl (C=O) groups excluding carboxylic acids is 2. The van der Waals surface area contributed by atoms with Crippen molar-refractivity contribution in [2.75, 3.05) is 37.0 Å². The maximum atomic E-state index is 12.2. The highest BCUT2D eigenvalue weighted by Gasteiger charge is 2.17. The fourth-order valence-corrected chi connectivity index (χ4v) is 3.74. The molecule has 29 heavy (non-hydrogen) atoms. The second-order valence-electron chi connectivity index (χ2n) is 6.95. The highest BCUT2D eigenvalue weighted by Crippen LogP contribution is 2.28. The van der Waals surface area contributed by atoms with Crippen LogP contribution in [0.3, 0.4) is 0 Å². The molecule has 1 aliphatic rings. The van der Waals surface area contributed by atoms with Crippen molar-refractivity contribution < 1.29 is 14.3 Å². The van der Waals surface area contributed by atoms with Crippen molar-refractivity contribution in [2.45, 2.75) is 26.2 Å². The fourth-order valence-electron chi connectivity index (χ4n) is 3.57. The number of methoxy groups -OCH3 is 1. The third-order valence-corrected chi connectivity index (χ3v) is 5.29. The van der Waals surface area contributed by atoms with E-state index < -0.39 is 11.8 Å². The van der Waals surface area contributed by atoms with Crippen LogP contribution in [-0.2, 0) is 22.4 Å². The van der Waals surface area contributed by atoms with Gasteiger partial charge in [-0.25, -0.2) is 0 Å². The Kier molecular flexibility index (Phi) is 6.99. The van der Waals surface area contributed by atoms with Crippen LogP contribution < -0.4 is 20.3 Å². The van der Waals surface area contributed by atoms with Gasteiger partial charge in [-0.2, -0.15) is 0 Å². The third kappa shape index (κ3) is 5.21. The second-order valence-corrected chi connectivity index (χ2v) is 7.39. The van der Waals surface area contributed by atoms with Crippen LogP contribution in [0.15, 0.2) is 36.4 Å². The number of hydrogen-bond acceptors (Lipinski definition) is 4. The van der Waals surface area contributed by atoms with Crippen molar-refractivity contribution in [3.63, 3.8) is 0 Å². The topological polar surface area (TPSA) is 70.7 Å². The summed E-state index contributed by atoms with van der Waals surface area (Å²) >= 11 is 5.95. The van der Waals surface area contributed by atoms with E-state index in [1.807, 2.05) is 0 Å². The highest BCUT2D eigenvalue weighted by molar-refractivity contribution is 6.40. The van der Waals surface area contributed by atoms with E-state index in [1.54, 1.807) is 12.1 Å². The number of amides is 2. The van der Waals surface area contributed by atoms with E-state index in [-0.39, 0.29) is 0 Å². The minimum absolute atomic E-state index is 0.357. The zero-order chi connectivity index (χ0) is 20.8. The molecule has 1 aliphatic heterocycles. The number of benzene rings is 2. The van der Waals surface area contributed by atoms with E-state index in [4.69, 9.17) is 16.3 Å². The number of hydrogen-bond donors (Lipinski definition) is 2. The number of nitrogens with one attached hydrogen (secondary N) is 2. The van der Waals surface area contributed by atoms with E-state index in [9.17, 15) is 9.59 Å². The molecule has 0 spiro atoms. The number of aryl methyl sites for hydroxylation is 1. The Hall–Kier alpha value is -2.73. The van der Waals surface area contributed by atoms with Gasteiger partial charge in [0, 0.05) is 30.3 Å². The third-order valence-electron chi connectivity index (χ3n) is 5.06. The van der Waals surface area contributed by atoms with Crippen molar-refractivity contribution >= 4 is 34.8 Å². The number of nitrogens with zero attached hydrogens (tertiary/aromatic N) is 1. The van der Waals surface area contributed by atoms with Gasteiger partial charge in [0.15, 0.2) is 0 Å². The summed E-state index contributed by atoms with van der Waals surface area (Å²) in [6, 6.07) is 11.3. The predicted octanol–water partition coefficient (Wildman–Crippen LogP) is 3.42. The first-order valence-corrected chi connectivity index (χ1v) is 10.2. The van der Waals surface area contributed by atoms with Gasteiger partial charge in [0.2, 0.25) is 0 Å². The van der Waals surface area contributed by atoms with Crippen LogP contribution in [0.25, 0.3) is 0 Å². The average molecular weight is 416 g/mol. The first-order chi connectivity index (χ1) is 14.0. The fraction of sp³-hybridized carbons (Fsp3) is 0.364. The first kappa shape index (κ1) is 21.0. The molecule has 0 aliphatic carbocycles. The Morgan fingerprint density at radius 3 is 2.76 bits per heavy atom. The van der Waals surface area contributed by atoms with E-state index in [0.29, 0.717) is 29.4 Å². The molecule has 1 heterocycles. The lowest BCUT2D eigenvalue weighted by molar-refractivity contribution is -0.136. The van der Waals surface area contributed by atoms with Gasteiger partial charge in [-0.05, 0) is 61.6 Å². The number of anilines is 2. The zero-order valence-electron chi connectivity index (χ0n) is 16.8. The molecule has 2 N–H and O–H groups in total. The molecule has 154 valence electrons. The lowest BCUT2D eigenvalue weighted by Gasteiger charge is -2.30. The predicted molar refractivity (Wildman–Crippen MR) is 116 cm³/mol. The average Bonchev–Trinajstić information content (AvgIpc) is 2.73. The van der Waals surface area contributed by atoms with E-state index in [2.05, 4.69) is 40.7 Å². The number of rotatable bonds is 6. The maximum Gasteiger partial charge on any atom is 0.313 e. The minimum atomic E-state index is -0.755. The van der Waals surface area contributed by atoms with Gasteiger partial charge in [-0.3, -0.25) is 9.59 Å². The van der Waals surface area contributed by atoms with Gasteiger partial charge >= 0.3 is 11.8 Å². The number of fused-ring (bicyclic) bond motifs is 1. The van der Waals surface area contributed by atoms with Crippen molar-refractivity contribution in [3.8, 4) is 5.75 Å². The van der Waals surface area contributed by atoms with Gasteiger partial charge in [0.25, 0.3) is 0 Å². The van der Waals surface area contributed by atoms with Gasteiger partial charge < -0.3 is 20.3 Å². The van der Waals surface area contributed by atoms with Crippen LogP contribution in [0.2, 0.25) is 5.02 Å². The van der Waals surface area contributed by atoms with Crippen LogP contribution in [-0.4, -0.2) is 38.6 Å². The van der Waals surface area contributed by atoms with Crippen LogP contribution in [0.1, 0.15) is 24.5 Å². The van der Waals surface area contributed by atoms with Gasteiger partial charge in [0.1, 0.15) is 5.75 Å². The summed E-state index contributed by atoms with van der Waals surface area (Å²) in [5, 5.41) is 5.65. The molecule has 0 saturated heterocycles. The van der Waals surface area contributed by atoms with E-state index in [1.165, 1.54) is 24.4 Å². The summed E-state index contributed by atoms with van der Waals surface area (Å²) in [5.74, 6) is -1.01. The molecule has 0 atom stereocenters. The Labute approximate surface area is 176 Å². The second kappa shape index (κ2) is 9.65. The van der Waals surface area contributed by atoms with Crippen molar-refractivity contribution in [1.82, 2.24) is 5.32 Å². The smallest absolute Gasteiger partial charge is 0.313 e. The SMILES string of the molecule is CCN1CCCc2cc(CCNC(=O)C(=O)Nc3cc(Cl)ccc3OC)ccc21. The molecule has 0 unspecified atom stereocenters. The summed E-state index contributed by atoms with van der Waals surface area (Å²) in [6.45, 7) is 4.66. The standard InChI is InChI=1S/C22H26ClN3O3/c1-3-26-12-4-5-16-13-15(6-8-19(16)26)10-11-24-21(27)22(28)25-18-14-17(23)7-9-20(18)29-2/h6-9,13-14H,3-5,10-12H2,1-2H3,(H,24,27)(H,25,28). The summed E-state index contributed by atoms with van der Waals surface area (Å²) in [6.07, 6.45) is 2.91. The van der Waals surface area contributed by atoms with Crippen LogP contribution >= 0.6 is 11.6 Å². The maximum absolute atomic E-state index is 12.2. The van der Waals surface area contributed by atoms with Crippen LogP contribution in [0.4, 0.5) is 11.4 Å². The molecule has 0 bridgehead atoms. The Bertz CT molecular complexity index is 901. The molecule has 2 aromatic carbocycles. The van der Waals surface area contributed by atoms with E-state index in [0.717, 1.165) is 31.5 Å². The Morgan fingerprint density at radius 1 is 1.17 bits per heavy atom. The van der Waals surface area contributed by atoms with Crippen LogP contribution in [0, 0.1) is 0 Å². The molecule has 0 fully saturated rings. The number of halogens is 1.